The van der Waals surface area contributed by atoms with Crippen LogP contribution in [-0.4, -0.2) is 11.6 Å². The summed E-state index contributed by atoms with van der Waals surface area (Å²) in [6.07, 6.45) is 0. The Hall–Kier alpha value is 0.650. The SMILES string of the molecule is CNNCI. The van der Waals surface area contributed by atoms with Crippen molar-refractivity contribution in [1.29, 1.82) is 0 Å². The number of nitrogens with one attached hydrogen (secondary N) is 2. The third-order valence-electron chi connectivity index (χ3n) is 0.244. The molecular weight excluding hydrogens is 179 g/mol. The van der Waals surface area contributed by atoms with Crippen LogP contribution in [0.4, 0.5) is 0 Å². The van der Waals surface area contributed by atoms with E-state index in [1.165, 1.54) is 0 Å². The number of hydrazine groups is 1. The highest BCUT2D eigenvalue weighted by molar-refractivity contribution is 14.1. The Bertz CT molecular complexity index is 15.1. The van der Waals surface area contributed by atoms with E-state index in [0.29, 0.717) is 0 Å². The molecule has 0 saturated carbocycles. The summed E-state index contributed by atoms with van der Waals surface area (Å²) in [4.78, 5) is 0. The van der Waals surface area contributed by atoms with Crippen LogP contribution in [0.25, 0.3) is 0 Å². The zero-order valence-electron chi connectivity index (χ0n) is 3.09. The van der Waals surface area contributed by atoms with E-state index >= 15 is 0 Å². The van der Waals surface area contributed by atoms with Crippen LogP contribution in [-0.2, 0) is 0 Å². The maximum absolute atomic E-state index is 2.85. The third kappa shape index (κ3) is 4.65. The first kappa shape index (κ1) is 5.65. The van der Waals surface area contributed by atoms with Gasteiger partial charge in [-0.25, -0.2) is 5.43 Å². The minimum Gasteiger partial charge on any atom is -0.260 e. The van der Waals surface area contributed by atoms with Gasteiger partial charge in [0.05, 0.1) is 4.55 Å². The summed E-state index contributed by atoms with van der Waals surface area (Å²) in [5, 5.41) is 0. The van der Waals surface area contributed by atoms with Gasteiger partial charge in [0.1, 0.15) is 0 Å². The fraction of sp³-hybridized carbons (Fsp3) is 1.00. The van der Waals surface area contributed by atoms with Crippen molar-refractivity contribution < 1.29 is 0 Å². The Labute approximate surface area is 45.4 Å². The summed E-state index contributed by atoms with van der Waals surface area (Å²) in [5.74, 6) is 0. The Balaban J connectivity index is 2.19. The maximum atomic E-state index is 2.85. The Kier molecular flexibility index (Phi) is 5.25. The largest absolute Gasteiger partial charge is 0.260 e. The molecule has 2 nitrogen and oxygen atoms in total. The van der Waals surface area contributed by atoms with E-state index in [2.05, 4.69) is 33.4 Å². The van der Waals surface area contributed by atoms with Crippen molar-refractivity contribution in [3.05, 3.63) is 0 Å². The average Bonchev–Trinajstić information content (AvgIpc) is 1.41. The lowest BCUT2D eigenvalue weighted by Crippen LogP contribution is -2.25. The lowest BCUT2D eigenvalue weighted by Gasteiger charge is -1.88. The molecule has 0 spiro atoms. The van der Waals surface area contributed by atoms with Crippen molar-refractivity contribution >= 4 is 22.6 Å². The minimum absolute atomic E-state index is 0.953. The molecule has 0 saturated heterocycles. The number of rotatable bonds is 2. The summed E-state index contributed by atoms with van der Waals surface area (Å²) in [6, 6.07) is 0. The molecule has 3 heteroatoms. The molecular formula is C2H7IN2. The molecule has 0 aromatic rings. The standard InChI is InChI=1S/C2H7IN2/c1-4-5-2-3/h4-5H,2H2,1H3. The minimum atomic E-state index is 0.953. The van der Waals surface area contributed by atoms with Gasteiger partial charge in [-0.2, -0.15) is 0 Å². The second kappa shape index (κ2) is 4.65. The van der Waals surface area contributed by atoms with E-state index in [1.807, 2.05) is 7.05 Å². The Morgan fingerprint density at radius 2 is 2.40 bits per heavy atom. The normalized spacial score (nSPS) is 8.40. The van der Waals surface area contributed by atoms with Gasteiger partial charge in [-0.1, -0.05) is 22.6 Å². The first-order chi connectivity index (χ1) is 2.41. The van der Waals surface area contributed by atoms with Crippen LogP contribution in [0.5, 0.6) is 0 Å². The van der Waals surface area contributed by atoms with E-state index in [9.17, 15) is 0 Å². The Morgan fingerprint density at radius 1 is 1.80 bits per heavy atom. The average molecular weight is 186 g/mol. The highest BCUT2D eigenvalue weighted by atomic mass is 127. The summed E-state index contributed by atoms with van der Waals surface area (Å²) < 4.78 is 0.953. The molecule has 0 unspecified atom stereocenters. The second-order valence-corrected chi connectivity index (χ2v) is 1.32. The van der Waals surface area contributed by atoms with Gasteiger partial charge in [-0.05, 0) is 7.05 Å². The molecule has 32 valence electrons. The predicted molar refractivity (Wildman–Crippen MR) is 31.1 cm³/mol. The van der Waals surface area contributed by atoms with Gasteiger partial charge in [0.25, 0.3) is 0 Å². The number of hydrogen-bond acceptors (Lipinski definition) is 2. The number of halogens is 1. The molecule has 0 aliphatic heterocycles. The molecule has 0 bridgehead atoms. The van der Waals surface area contributed by atoms with Gasteiger partial charge in [-0.15, -0.1) is 0 Å². The van der Waals surface area contributed by atoms with Gasteiger partial charge >= 0.3 is 0 Å². The van der Waals surface area contributed by atoms with Gasteiger partial charge in [0.2, 0.25) is 0 Å². The smallest absolute Gasteiger partial charge is 0.0618 e. The van der Waals surface area contributed by atoms with Crippen molar-refractivity contribution in [1.82, 2.24) is 10.9 Å². The van der Waals surface area contributed by atoms with Crippen molar-refractivity contribution in [2.75, 3.05) is 11.6 Å². The van der Waals surface area contributed by atoms with E-state index in [4.69, 9.17) is 0 Å². The van der Waals surface area contributed by atoms with Crippen LogP contribution < -0.4 is 10.9 Å². The molecule has 2 N–H and O–H groups in total. The Morgan fingerprint density at radius 3 is 2.40 bits per heavy atom. The molecule has 0 fully saturated rings. The van der Waals surface area contributed by atoms with E-state index in [-0.39, 0.29) is 0 Å². The van der Waals surface area contributed by atoms with Gasteiger partial charge in [0, 0.05) is 0 Å². The molecule has 0 aliphatic carbocycles. The van der Waals surface area contributed by atoms with Gasteiger partial charge < -0.3 is 0 Å². The van der Waals surface area contributed by atoms with Crippen LogP contribution >= 0.6 is 22.6 Å². The molecule has 0 amide bonds. The molecule has 5 heavy (non-hydrogen) atoms. The summed E-state index contributed by atoms with van der Waals surface area (Å²) in [5.41, 5.74) is 5.61. The molecule has 0 aromatic heterocycles. The summed E-state index contributed by atoms with van der Waals surface area (Å²) >= 11 is 2.21. The van der Waals surface area contributed by atoms with Crippen LogP contribution in [0.15, 0.2) is 0 Å². The van der Waals surface area contributed by atoms with Crippen LogP contribution in [0.3, 0.4) is 0 Å². The van der Waals surface area contributed by atoms with E-state index < -0.39 is 0 Å². The molecule has 0 atom stereocenters. The highest BCUT2D eigenvalue weighted by Crippen LogP contribution is 1.65. The fourth-order valence-electron chi connectivity index (χ4n) is 0.0668. The number of alkyl halides is 1. The first-order valence-electron chi connectivity index (χ1n) is 1.37. The highest BCUT2D eigenvalue weighted by Gasteiger charge is 1.61. The lowest BCUT2D eigenvalue weighted by atomic mass is 11.4. The molecule has 0 rings (SSSR count). The monoisotopic (exact) mass is 186 g/mol. The van der Waals surface area contributed by atoms with E-state index in [0.717, 1.165) is 4.55 Å². The van der Waals surface area contributed by atoms with Crippen molar-refractivity contribution in [3.63, 3.8) is 0 Å². The molecule has 0 aliphatic rings. The number of hydrogen-bond donors (Lipinski definition) is 2. The van der Waals surface area contributed by atoms with Crippen LogP contribution in [0.2, 0.25) is 0 Å². The zero-order chi connectivity index (χ0) is 4.12. The first-order valence-corrected chi connectivity index (χ1v) is 2.90. The molecule has 0 radical (unpaired) electrons. The van der Waals surface area contributed by atoms with Gasteiger partial charge in [0.15, 0.2) is 0 Å². The fourth-order valence-corrected chi connectivity index (χ4v) is 0.448. The van der Waals surface area contributed by atoms with Crippen molar-refractivity contribution in [2.45, 2.75) is 0 Å². The van der Waals surface area contributed by atoms with Crippen LogP contribution in [0, 0.1) is 0 Å². The third-order valence-corrected chi connectivity index (χ3v) is 0.625. The molecule has 0 aromatic carbocycles. The van der Waals surface area contributed by atoms with Crippen molar-refractivity contribution in [2.24, 2.45) is 0 Å². The lowest BCUT2D eigenvalue weighted by molar-refractivity contribution is 0.682. The topological polar surface area (TPSA) is 24.1 Å². The zero-order valence-corrected chi connectivity index (χ0v) is 5.24. The van der Waals surface area contributed by atoms with Gasteiger partial charge in [-0.3, -0.25) is 5.43 Å². The summed E-state index contributed by atoms with van der Waals surface area (Å²) in [6.45, 7) is 0. The molecule has 0 heterocycles. The maximum Gasteiger partial charge on any atom is 0.0618 e. The van der Waals surface area contributed by atoms with Crippen LogP contribution in [0.1, 0.15) is 0 Å². The van der Waals surface area contributed by atoms with Crippen molar-refractivity contribution in [3.8, 4) is 0 Å². The van der Waals surface area contributed by atoms with E-state index in [1.54, 1.807) is 0 Å². The predicted octanol–water partition coefficient (Wildman–Crippen LogP) is 0.103. The quantitative estimate of drug-likeness (QED) is 0.276. The summed E-state index contributed by atoms with van der Waals surface area (Å²) in [7, 11) is 1.85. The second-order valence-electron chi connectivity index (χ2n) is 0.560.